The lowest BCUT2D eigenvalue weighted by atomic mass is 9.86. The highest BCUT2D eigenvalue weighted by atomic mass is 35.5. The molecule has 2 aliphatic rings. The van der Waals surface area contributed by atoms with Crippen LogP contribution in [-0.2, 0) is 0 Å². The highest BCUT2D eigenvalue weighted by molar-refractivity contribution is 6.44. The van der Waals surface area contributed by atoms with Gasteiger partial charge in [0.25, 0.3) is 0 Å². The van der Waals surface area contributed by atoms with Crippen LogP contribution in [-0.4, -0.2) is 10.2 Å². The van der Waals surface area contributed by atoms with Crippen LogP contribution in [0.25, 0.3) is 0 Å². The Morgan fingerprint density at radius 3 is 2.59 bits per heavy atom. The molecule has 2 atom stereocenters. The van der Waals surface area contributed by atoms with Crippen LogP contribution >= 0.6 is 46.4 Å². The van der Waals surface area contributed by atoms with Crippen LogP contribution in [0, 0.1) is 5.92 Å². The molecule has 0 aliphatic heterocycles. The topological polar surface area (TPSA) is 0 Å². The molecule has 0 N–H and O–H groups in total. The van der Waals surface area contributed by atoms with Crippen LogP contribution in [0.1, 0.15) is 19.3 Å². The van der Waals surface area contributed by atoms with Gasteiger partial charge in [-0.05, 0) is 18.9 Å². The molecule has 2 unspecified atom stereocenters. The maximum absolute atomic E-state index is 6.30. The minimum absolute atomic E-state index is 0.0434. The van der Waals surface area contributed by atoms with Crippen molar-refractivity contribution in [2.75, 3.05) is 0 Å². The van der Waals surface area contributed by atoms with Crippen LogP contribution in [0.3, 0.4) is 0 Å². The fourth-order valence-electron chi connectivity index (χ4n) is 2.58. The van der Waals surface area contributed by atoms with E-state index >= 15 is 0 Å². The molecule has 0 saturated heterocycles. The second kappa shape index (κ2) is 9.03. The first kappa shape index (κ1) is 17.9. The van der Waals surface area contributed by atoms with Crippen LogP contribution in [0.2, 0.25) is 0 Å². The normalized spacial score (nSPS) is 35.3. The first-order chi connectivity index (χ1) is 10.6. The van der Waals surface area contributed by atoms with E-state index in [0.29, 0.717) is 6.42 Å². The number of allylic oxidation sites excluding steroid dienone is 12. The van der Waals surface area contributed by atoms with Crippen molar-refractivity contribution < 1.29 is 0 Å². The highest BCUT2D eigenvalue weighted by Crippen LogP contribution is 2.37. The van der Waals surface area contributed by atoms with Crippen molar-refractivity contribution in [1.29, 1.82) is 0 Å². The fourth-order valence-corrected chi connectivity index (χ4v) is 3.64. The molecule has 4 heteroatoms. The Hall–Kier alpha value is -0.400. The monoisotopic (exact) mass is 374 g/mol. The maximum atomic E-state index is 6.30. The van der Waals surface area contributed by atoms with E-state index in [1.807, 2.05) is 30.4 Å². The summed E-state index contributed by atoms with van der Waals surface area (Å²) < 4.78 is 0. The molecule has 0 aromatic rings. The van der Waals surface area contributed by atoms with Crippen molar-refractivity contribution in [2.24, 2.45) is 5.92 Å². The molecule has 0 amide bonds. The third-order valence-corrected chi connectivity index (χ3v) is 4.69. The lowest BCUT2D eigenvalue weighted by molar-refractivity contribution is 0.725. The zero-order valence-electron chi connectivity index (χ0n) is 12.1. The van der Waals surface area contributed by atoms with E-state index in [1.54, 1.807) is 0 Å². The first-order valence-corrected chi connectivity index (χ1v) is 8.93. The standard InChI is InChI=1S/C18H18Cl4/c19-15-10-4-7-13(8-5-11-15)17(18(21)22)14-6-2-1-3-9-16(20)12-14/h1,3-7,9-11,15,17-18H,2,8,12H2/b3-1-,10-4-,11-5-,13-7+,14-6+,16-9+. The van der Waals surface area contributed by atoms with Gasteiger partial charge in [-0.3, -0.25) is 0 Å². The molecule has 0 fully saturated rings. The predicted molar refractivity (Wildman–Crippen MR) is 100.0 cm³/mol. The molecule has 0 spiro atoms. The maximum Gasteiger partial charge on any atom is 0.118 e. The van der Waals surface area contributed by atoms with Gasteiger partial charge in [-0.1, -0.05) is 71.4 Å². The van der Waals surface area contributed by atoms with Gasteiger partial charge in [0, 0.05) is 17.4 Å². The van der Waals surface area contributed by atoms with Crippen molar-refractivity contribution in [3.8, 4) is 0 Å². The molecule has 2 rings (SSSR count). The van der Waals surface area contributed by atoms with E-state index < -0.39 is 4.84 Å². The highest BCUT2D eigenvalue weighted by Gasteiger charge is 2.25. The fraction of sp³-hybridized carbons (Fsp3) is 0.333. The van der Waals surface area contributed by atoms with Crippen molar-refractivity contribution in [3.63, 3.8) is 0 Å². The van der Waals surface area contributed by atoms with Gasteiger partial charge in [0.2, 0.25) is 0 Å². The van der Waals surface area contributed by atoms with Crippen LogP contribution in [0.5, 0.6) is 0 Å². The van der Waals surface area contributed by atoms with Gasteiger partial charge in [-0.15, -0.1) is 34.8 Å². The Bertz CT molecular complexity index is 562. The zero-order valence-corrected chi connectivity index (χ0v) is 15.1. The molecule has 0 nitrogen and oxygen atoms in total. The molecule has 0 saturated carbocycles. The molecule has 0 aromatic heterocycles. The third kappa shape index (κ3) is 5.35. The van der Waals surface area contributed by atoms with Gasteiger partial charge in [-0.25, -0.2) is 0 Å². The summed E-state index contributed by atoms with van der Waals surface area (Å²) in [5, 5.41) is 0.724. The van der Waals surface area contributed by atoms with Crippen molar-refractivity contribution in [3.05, 3.63) is 70.9 Å². The van der Waals surface area contributed by atoms with Crippen LogP contribution < -0.4 is 0 Å². The Morgan fingerprint density at radius 2 is 1.82 bits per heavy atom. The van der Waals surface area contributed by atoms with Crippen molar-refractivity contribution >= 4 is 46.4 Å². The van der Waals surface area contributed by atoms with Gasteiger partial charge in [-0.2, -0.15) is 0 Å². The minimum Gasteiger partial charge on any atom is -0.114 e. The quantitative estimate of drug-likeness (QED) is 0.373. The summed E-state index contributed by atoms with van der Waals surface area (Å²) in [6, 6.07) is 0. The summed E-state index contributed by atoms with van der Waals surface area (Å²) >= 11 is 25.0. The summed E-state index contributed by atoms with van der Waals surface area (Å²) in [5.74, 6) is -0.0434. The SMILES string of the molecule is Cl/C1=C/C=C\C/C=C(/C(/C2=C/C=C\C(Cl)/C=C\C2)C(Cl)Cl)C1. The number of halogens is 4. The molecule has 0 aromatic carbocycles. The van der Waals surface area contributed by atoms with E-state index in [0.717, 1.165) is 23.4 Å². The predicted octanol–water partition coefficient (Wildman–Crippen LogP) is 6.86. The largest absolute Gasteiger partial charge is 0.118 e. The number of hydrogen-bond acceptors (Lipinski definition) is 0. The minimum atomic E-state index is -0.515. The van der Waals surface area contributed by atoms with Gasteiger partial charge in [0.1, 0.15) is 4.84 Å². The molecule has 22 heavy (non-hydrogen) atoms. The van der Waals surface area contributed by atoms with E-state index in [1.165, 1.54) is 5.57 Å². The van der Waals surface area contributed by atoms with Crippen molar-refractivity contribution in [2.45, 2.75) is 29.5 Å². The van der Waals surface area contributed by atoms with E-state index in [9.17, 15) is 0 Å². The Morgan fingerprint density at radius 1 is 1.00 bits per heavy atom. The van der Waals surface area contributed by atoms with E-state index in [-0.39, 0.29) is 11.3 Å². The third-order valence-electron chi connectivity index (χ3n) is 3.63. The smallest absolute Gasteiger partial charge is 0.114 e. The second-order valence-corrected chi connectivity index (χ2v) is 7.40. The molecule has 118 valence electrons. The average Bonchev–Trinajstić information content (AvgIpc) is 2.40. The molecule has 0 radical (unpaired) electrons. The summed E-state index contributed by atoms with van der Waals surface area (Å²) in [4.78, 5) is -0.515. The summed E-state index contributed by atoms with van der Waals surface area (Å²) in [7, 11) is 0. The summed E-state index contributed by atoms with van der Waals surface area (Å²) in [6.07, 6.45) is 20.5. The van der Waals surface area contributed by atoms with Gasteiger partial charge in [0.05, 0.1) is 5.38 Å². The average molecular weight is 376 g/mol. The number of alkyl halides is 3. The van der Waals surface area contributed by atoms with Gasteiger partial charge < -0.3 is 0 Å². The Labute approximate surface area is 152 Å². The van der Waals surface area contributed by atoms with Gasteiger partial charge >= 0.3 is 0 Å². The second-order valence-electron chi connectivity index (χ2n) is 5.25. The molecule has 0 bridgehead atoms. The van der Waals surface area contributed by atoms with Gasteiger partial charge in [0.15, 0.2) is 0 Å². The summed E-state index contributed by atoms with van der Waals surface area (Å²) in [5.41, 5.74) is 2.34. The Balaban J connectivity index is 2.32. The van der Waals surface area contributed by atoms with Crippen LogP contribution in [0.4, 0.5) is 0 Å². The van der Waals surface area contributed by atoms with E-state index in [2.05, 4.69) is 24.3 Å². The zero-order chi connectivity index (χ0) is 15.9. The first-order valence-electron chi connectivity index (χ1n) is 7.24. The number of hydrogen-bond donors (Lipinski definition) is 0. The molecular formula is C18H18Cl4. The molecular weight excluding hydrogens is 358 g/mol. The van der Waals surface area contributed by atoms with E-state index in [4.69, 9.17) is 46.4 Å². The van der Waals surface area contributed by atoms with Crippen LogP contribution in [0.15, 0.2) is 70.9 Å². The lowest BCUT2D eigenvalue weighted by Crippen LogP contribution is -2.16. The van der Waals surface area contributed by atoms with Crippen molar-refractivity contribution in [1.82, 2.24) is 0 Å². The number of rotatable bonds is 3. The molecule has 0 heterocycles. The Kier molecular flexibility index (Phi) is 7.37. The lowest BCUT2D eigenvalue weighted by Gasteiger charge is -2.25. The molecule has 2 aliphatic carbocycles. The summed E-state index contributed by atoms with van der Waals surface area (Å²) in [6.45, 7) is 0.